The Morgan fingerprint density at radius 2 is 1.41 bits per heavy atom. The van der Waals surface area contributed by atoms with Crippen LogP contribution in [0.1, 0.15) is 28.8 Å². The highest BCUT2D eigenvalue weighted by atomic mass is 16.1. The first kappa shape index (κ1) is 11.5. The molecule has 0 unspecified atom stereocenters. The predicted octanol–water partition coefficient (Wildman–Crippen LogP) is 1.90. The third-order valence-electron chi connectivity index (χ3n) is 2.73. The molecular weight excluding hydrogens is 216 g/mol. The number of benzene rings is 1. The number of carbonyl (C=O) groups is 3. The number of carbonyl (C=O) groups excluding carboxylic acids is 3. The number of rotatable bonds is 0. The van der Waals surface area contributed by atoms with E-state index in [0.29, 0.717) is 18.4 Å². The Balaban J connectivity index is 2.33. The summed E-state index contributed by atoms with van der Waals surface area (Å²) in [4.78, 5) is 34.5. The molecule has 0 heterocycles. The second kappa shape index (κ2) is 4.87. The zero-order valence-corrected chi connectivity index (χ0v) is 9.31. The van der Waals surface area contributed by atoms with Gasteiger partial charge in [0.1, 0.15) is 0 Å². The van der Waals surface area contributed by atoms with Crippen molar-refractivity contribution in [1.29, 1.82) is 0 Å². The lowest BCUT2D eigenvalue weighted by molar-refractivity contribution is -0.116. The summed E-state index contributed by atoms with van der Waals surface area (Å²) in [6.45, 7) is 0. The first-order valence-electron chi connectivity index (χ1n) is 5.51. The second-order valence-corrected chi connectivity index (χ2v) is 4.06. The van der Waals surface area contributed by atoms with Gasteiger partial charge in [-0.3, -0.25) is 14.4 Å². The molecule has 86 valence electrons. The molecule has 1 aromatic carbocycles. The molecule has 0 spiro atoms. The highest BCUT2D eigenvalue weighted by molar-refractivity contribution is 6.12. The van der Waals surface area contributed by atoms with E-state index < -0.39 is 0 Å². The van der Waals surface area contributed by atoms with E-state index in [-0.39, 0.29) is 23.8 Å². The number of aryl methyl sites for hydroxylation is 1. The molecule has 0 saturated carbocycles. The van der Waals surface area contributed by atoms with Crippen molar-refractivity contribution in [2.24, 2.45) is 0 Å². The molecule has 3 rings (SSSR count). The van der Waals surface area contributed by atoms with Crippen LogP contribution in [-0.4, -0.2) is 17.3 Å². The van der Waals surface area contributed by atoms with Gasteiger partial charge in [0.2, 0.25) is 0 Å². The number of ketones is 3. The summed E-state index contributed by atoms with van der Waals surface area (Å²) < 4.78 is 0. The Morgan fingerprint density at radius 1 is 0.765 bits per heavy atom. The van der Waals surface area contributed by atoms with E-state index in [4.69, 9.17) is 0 Å². The standard InChI is InChI=1S/C14H12O3/c15-12-6-3-10-1-4-11(5-2-10)14(17)9-13(16)8-7-12/h1-2,4-5,7-8H,3,6,9H2/b8-7-. The van der Waals surface area contributed by atoms with Crippen LogP contribution in [0, 0.1) is 0 Å². The summed E-state index contributed by atoms with van der Waals surface area (Å²) in [5.74, 6) is -0.623. The Bertz CT molecular complexity index is 495. The molecule has 0 aliphatic heterocycles. The first-order chi connectivity index (χ1) is 8.15. The van der Waals surface area contributed by atoms with Gasteiger partial charge >= 0.3 is 0 Å². The molecule has 0 fully saturated rings. The molecule has 0 aromatic heterocycles. The minimum Gasteiger partial charge on any atom is -0.295 e. The van der Waals surface area contributed by atoms with Crippen molar-refractivity contribution in [3.05, 3.63) is 47.5 Å². The smallest absolute Gasteiger partial charge is 0.170 e. The molecule has 0 atom stereocenters. The molecule has 1 aromatic rings. The van der Waals surface area contributed by atoms with E-state index in [9.17, 15) is 14.4 Å². The van der Waals surface area contributed by atoms with Crippen molar-refractivity contribution in [2.45, 2.75) is 19.3 Å². The van der Waals surface area contributed by atoms with Crippen LogP contribution >= 0.6 is 0 Å². The van der Waals surface area contributed by atoms with Gasteiger partial charge in [0, 0.05) is 12.0 Å². The molecule has 2 bridgehead atoms. The number of allylic oxidation sites excluding steroid dienone is 2. The van der Waals surface area contributed by atoms with Crippen LogP contribution in [0.25, 0.3) is 0 Å². The molecule has 0 radical (unpaired) electrons. The highest BCUT2D eigenvalue weighted by Gasteiger charge is 2.11. The topological polar surface area (TPSA) is 51.2 Å². The van der Waals surface area contributed by atoms with Crippen molar-refractivity contribution in [3.63, 3.8) is 0 Å². The van der Waals surface area contributed by atoms with Crippen molar-refractivity contribution >= 4 is 17.3 Å². The fraction of sp³-hybridized carbons (Fsp3) is 0.214. The molecule has 17 heavy (non-hydrogen) atoms. The molecule has 3 heteroatoms. The lowest BCUT2D eigenvalue weighted by Crippen LogP contribution is -2.08. The van der Waals surface area contributed by atoms with Gasteiger partial charge in [0.25, 0.3) is 0 Å². The third kappa shape index (κ3) is 2.97. The predicted molar refractivity (Wildman–Crippen MR) is 62.9 cm³/mol. The van der Waals surface area contributed by atoms with Gasteiger partial charge in [-0.05, 0) is 24.1 Å². The Kier molecular flexibility index (Phi) is 3.28. The van der Waals surface area contributed by atoms with Crippen molar-refractivity contribution < 1.29 is 14.4 Å². The van der Waals surface area contributed by atoms with E-state index >= 15 is 0 Å². The van der Waals surface area contributed by atoms with Crippen LogP contribution in [0.5, 0.6) is 0 Å². The van der Waals surface area contributed by atoms with Crippen LogP contribution in [0.3, 0.4) is 0 Å². The molecule has 0 N–H and O–H groups in total. The van der Waals surface area contributed by atoms with Gasteiger partial charge in [0.15, 0.2) is 17.3 Å². The minimum absolute atomic E-state index is 0.0875. The summed E-state index contributed by atoms with van der Waals surface area (Å²) in [6.07, 6.45) is 3.31. The number of hydrogen-bond donors (Lipinski definition) is 0. The van der Waals surface area contributed by atoms with Gasteiger partial charge < -0.3 is 0 Å². The lowest BCUT2D eigenvalue weighted by Gasteiger charge is -2.04. The van der Waals surface area contributed by atoms with Crippen LogP contribution in [0.4, 0.5) is 0 Å². The van der Waals surface area contributed by atoms with E-state index in [1.54, 1.807) is 12.1 Å². The van der Waals surface area contributed by atoms with Crippen LogP contribution in [0.2, 0.25) is 0 Å². The first-order valence-corrected chi connectivity index (χ1v) is 5.51. The zero-order chi connectivity index (χ0) is 12.3. The van der Waals surface area contributed by atoms with Crippen LogP contribution < -0.4 is 0 Å². The largest absolute Gasteiger partial charge is 0.295 e. The Labute approximate surface area is 99.1 Å². The Hall–Kier alpha value is -2.03. The molecule has 2 aliphatic rings. The summed E-state index contributed by atoms with van der Waals surface area (Å²) in [5, 5.41) is 0. The fourth-order valence-corrected chi connectivity index (χ4v) is 1.71. The van der Waals surface area contributed by atoms with Gasteiger partial charge in [0.05, 0.1) is 6.42 Å². The maximum absolute atomic E-state index is 11.7. The maximum Gasteiger partial charge on any atom is 0.170 e. The van der Waals surface area contributed by atoms with Gasteiger partial charge in [-0.15, -0.1) is 0 Å². The van der Waals surface area contributed by atoms with Gasteiger partial charge in [-0.1, -0.05) is 24.3 Å². The van der Waals surface area contributed by atoms with Gasteiger partial charge in [-0.2, -0.15) is 0 Å². The fourth-order valence-electron chi connectivity index (χ4n) is 1.71. The SMILES string of the molecule is O=C1/C=C\C(=O)CC(=O)c2ccc(cc2)CC1. The van der Waals surface area contributed by atoms with E-state index in [0.717, 1.165) is 5.56 Å². The Morgan fingerprint density at radius 3 is 2.12 bits per heavy atom. The molecule has 0 amide bonds. The quantitative estimate of drug-likeness (QED) is 0.637. The third-order valence-corrected chi connectivity index (χ3v) is 2.73. The average Bonchev–Trinajstić information content (AvgIpc) is 2.33. The minimum atomic E-state index is -0.326. The van der Waals surface area contributed by atoms with Crippen molar-refractivity contribution in [3.8, 4) is 0 Å². The average molecular weight is 228 g/mol. The summed E-state index contributed by atoms with van der Waals surface area (Å²) in [6, 6.07) is 7.08. The van der Waals surface area contributed by atoms with Crippen LogP contribution in [-0.2, 0) is 16.0 Å². The summed E-state index contributed by atoms with van der Waals surface area (Å²) >= 11 is 0. The van der Waals surface area contributed by atoms with Crippen molar-refractivity contribution in [1.82, 2.24) is 0 Å². The maximum atomic E-state index is 11.7. The molecular formula is C14H12O3. The monoisotopic (exact) mass is 228 g/mol. The zero-order valence-electron chi connectivity index (χ0n) is 9.31. The van der Waals surface area contributed by atoms with Gasteiger partial charge in [-0.25, -0.2) is 0 Å². The molecule has 0 saturated heterocycles. The highest BCUT2D eigenvalue weighted by Crippen LogP contribution is 2.11. The number of fused-ring (bicyclic) bond motifs is 8. The molecule has 2 aliphatic carbocycles. The van der Waals surface area contributed by atoms with E-state index in [2.05, 4.69) is 0 Å². The van der Waals surface area contributed by atoms with Crippen LogP contribution in [0.15, 0.2) is 36.4 Å². The lowest BCUT2D eigenvalue weighted by atomic mass is 10.00. The second-order valence-electron chi connectivity index (χ2n) is 4.06. The normalized spacial score (nSPS) is 18.7. The van der Waals surface area contributed by atoms with E-state index in [1.807, 2.05) is 12.1 Å². The number of Topliss-reactive ketones (excluding diaryl/α,β-unsaturated/α-hetero) is 1. The summed E-state index contributed by atoms with van der Waals surface area (Å²) in [7, 11) is 0. The number of hydrogen-bond acceptors (Lipinski definition) is 3. The molecule has 3 nitrogen and oxygen atoms in total. The van der Waals surface area contributed by atoms with E-state index in [1.165, 1.54) is 12.2 Å². The summed E-state index contributed by atoms with van der Waals surface area (Å²) in [5.41, 5.74) is 1.57. The van der Waals surface area contributed by atoms with Crippen molar-refractivity contribution in [2.75, 3.05) is 0 Å².